The number of fused-ring (bicyclic) bond motifs is 2. The number of para-hydroxylation sites is 1. The van der Waals surface area contributed by atoms with Gasteiger partial charge >= 0.3 is 0 Å². The zero-order chi connectivity index (χ0) is 23.6. The fourth-order valence-corrected chi connectivity index (χ4v) is 4.51. The van der Waals surface area contributed by atoms with Gasteiger partial charge in [-0.05, 0) is 58.3 Å². The summed E-state index contributed by atoms with van der Waals surface area (Å²) in [5, 5.41) is 6.17. The van der Waals surface area contributed by atoms with Gasteiger partial charge in [0.2, 0.25) is 0 Å². The zero-order valence-corrected chi connectivity index (χ0v) is 18.8. The molecule has 0 aliphatic carbocycles. The molecule has 6 aromatic rings. The number of pyridine rings is 2. The molecular weight excluding hydrogens is 430 g/mol. The lowest BCUT2D eigenvalue weighted by Crippen LogP contribution is -2.14. The Labute approximate surface area is 202 Å². The highest BCUT2D eigenvalue weighted by Crippen LogP contribution is 2.36. The number of carbonyl (C=O) groups excluding carboxylic acids is 1. The number of carbonyl (C=O) groups is 1. The third-order valence-corrected chi connectivity index (χ3v) is 6.17. The van der Waals surface area contributed by atoms with Gasteiger partial charge in [0.25, 0.3) is 5.91 Å². The third-order valence-electron chi connectivity index (χ3n) is 6.17. The van der Waals surface area contributed by atoms with Crippen LogP contribution in [0.25, 0.3) is 44.1 Å². The smallest absolute Gasteiger partial charge is 0.256 e. The van der Waals surface area contributed by atoms with Gasteiger partial charge in [0.05, 0.1) is 16.9 Å². The van der Waals surface area contributed by atoms with Crippen LogP contribution >= 0.6 is 0 Å². The van der Waals surface area contributed by atoms with Crippen molar-refractivity contribution in [3.8, 4) is 22.4 Å². The molecule has 0 atom stereocenters. The van der Waals surface area contributed by atoms with Gasteiger partial charge in [-0.1, -0.05) is 72.8 Å². The molecule has 2 aromatic heterocycles. The van der Waals surface area contributed by atoms with Crippen molar-refractivity contribution in [3.63, 3.8) is 0 Å². The molecule has 0 spiro atoms. The second kappa shape index (κ2) is 8.84. The first-order valence-electron chi connectivity index (χ1n) is 11.5. The summed E-state index contributed by atoms with van der Waals surface area (Å²) in [6.45, 7) is 0. The lowest BCUT2D eigenvalue weighted by molar-refractivity contribution is 0.102. The van der Waals surface area contributed by atoms with Crippen molar-refractivity contribution in [2.45, 2.75) is 0 Å². The van der Waals surface area contributed by atoms with Crippen LogP contribution in [-0.4, -0.2) is 15.9 Å². The zero-order valence-electron chi connectivity index (χ0n) is 18.8. The Morgan fingerprint density at radius 2 is 1.26 bits per heavy atom. The van der Waals surface area contributed by atoms with E-state index in [4.69, 9.17) is 0 Å². The molecule has 4 nitrogen and oxygen atoms in total. The van der Waals surface area contributed by atoms with Crippen LogP contribution in [0.1, 0.15) is 10.4 Å². The predicted molar refractivity (Wildman–Crippen MR) is 142 cm³/mol. The molecule has 0 unspecified atom stereocenters. The van der Waals surface area contributed by atoms with Gasteiger partial charge in [0, 0.05) is 28.9 Å². The molecule has 0 aliphatic heterocycles. The first-order valence-corrected chi connectivity index (χ1v) is 11.5. The van der Waals surface area contributed by atoms with E-state index in [0.29, 0.717) is 11.3 Å². The molecule has 6 rings (SSSR count). The van der Waals surface area contributed by atoms with Gasteiger partial charge in [-0.3, -0.25) is 14.8 Å². The van der Waals surface area contributed by atoms with Crippen molar-refractivity contribution in [2.24, 2.45) is 0 Å². The van der Waals surface area contributed by atoms with Crippen LogP contribution in [0.3, 0.4) is 0 Å². The minimum atomic E-state index is -0.181. The third kappa shape index (κ3) is 3.91. The Hall–Kier alpha value is -4.83. The molecule has 0 fully saturated rings. The van der Waals surface area contributed by atoms with Crippen LogP contribution in [0.15, 0.2) is 122 Å². The minimum absolute atomic E-state index is 0.181. The Morgan fingerprint density at radius 3 is 2.09 bits per heavy atom. The Balaban J connectivity index is 1.53. The summed E-state index contributed by atoms with van der Waals surface area (Å²) in [4.78, 5) is 22.8. The molecule has 0 aliphatic rings. The predicted octanol–water partition coefficient (Wildman–Crippen LogP) is 7.37. The topological polar surface area (TPSA) is 54.9 Å². The van der Waals surface area contributed by atoms with E-state index < -0.39 is 0 Å². The van der Waals surface area contributed by atoms with Crippen molar-refractivity contribution in [2.75, 3.05) is 5.32 Å². The molecule has 1 amide bonds. The second-order valence-corrected chi connectivity index (χ2v) is 8.34. The van der Waals surface area contributed by atoms with Gasteiger partial charge in [0.1, 0.15) is 0 Å². The quantitative estimate of drug-likeness (QED) is 0.304. The molecule has 2 heterocycles. The number of hydrogen-bond donors (Lipinski definition) is 1. The fraction of sp³-hybridized carbons (Fsp3) is 0. The average Bonchev–Trinajstić information content (AvgIpc) is 2.93. The van der Waals surface area contributed by atoms with E-state index in [-0.39, 0.29) is 5.91 Å². The normalized spacial score (nSPS) is 11.0. The van der Waals surface area contributed by atoms with Gasteiger partial charge in [-0.25, -0.2) is 0 Å². The summed E-state index contributed by atoms with van der Waals surface area (Å²) in [6.07, 6.45) is 3.52. The van der Waals surface area contributed by atoms with Crippen molar-refractivity contribution in [1.82, 2.24) is 9.97 Å². The molecular formula is C31H21N3O. The summed E-state index contributed by atoms with van der Waals surface area (Å²) in [5.74, 6) is -0.181. The minimum Gasteiger partial charge on any atom is -0.320 e. The number of hydrogen-bond acceptors (Lipinski definition) is 3. The number of amides is 1. The number of nitrogens with zero attached hydrogens (tertiary/aromatic N) is 2. The maximum Gasteiger partial charge on any atom is 0.256 e. The standard InChI is InChI=1S/C31H21N3O/c35-31(34-29-16-7-11-21-12-8-18-33-30(21)29)27-20-23-10-2-1-9-22(23)19-26(27)24-13-3-4-14-25(24)28-15-5-6-17-32-28/h1-20H,(H,34,35). The first-order chi connectivity index (χ1) is 17.3. The largest absolute Gasteiger partial charge is 0.320 e. The van der Waals surface area contributed by atoms with E-state index in [1.807, 2.05) is 97.1 Å². The molecule has 0 bridgehead atoms. The van der Waals surface area contributed by atoms with Gasteiger partial charge < -0.3 is 5.32 Å². The van der Waals surface area contributed by atoms with Crippen LogP contribution < -0.4 is 5.32 Å². The van der Waals surface area contributed by atoms with Crippen LogP contribution in [-0.2, 0) is 0 Å². The molecule has 4 heteroatoms. The fourth-order valence-electron chi connectivity index (χ4n) is 4.51. The van der Waals surface area contributed by atoms with E-state index in [1.165, 1.54) is 0 Å². The van der Waals surface area contributed by atoms with E-state index in [9.17, 15) is 4.79 Å². The van der Waals surface area contributed by atoms with Crippen LogP contribution in [0.4, 0.5) is 5.69 Å². The SMILES string of the molecule is O=C(Nc1cccc2cccnc12)c1cc2ccccc2cc1-c1ccccc1-c1ccccn1. The molecule has 0 saturated carbocycles. The Kier molecular flexibility index (Phi) is 5.24. The Bertz CT molecular complexity index is 1690. The summed E-state index contributed by atoms with van der Waals surface area (Å²) in [6, 6.07) is 35.8. The van der Waals surface area contributed by atoms with E-state index >= 15 is 0 Å². The number of rotatable bonds is 4. The highest BCUT2D eigenvalue weighted by molar-refractivity contribution is 6.14. The van der Waals surface area contributed by atoms with Gasteiger partial charge in [0.15, 0.2) is 0 Å². The van der Waals surface area contributed by atoms with Crippen molar-refractivity contribution in [1.29, 1.82) is 0 Å². The van der Waals surface area contributed by atoms with Crippen LogP contribution in [0.2, 0.25) is 0 Å². The monoisotopic (exact) mass is 451 g/mol. The van der Waals surface area contributed by atoms with Crippen LogP contribution in [0, 0.1) is 0 Å². The molecule has 166 valence electrons. The number of aromatic nitrogens is 2. The van der Waals surface area contributed by atoms with Gasteiger partial charge in [-0.2, -0.15) is 0 Å². The van der Waals surface area contributed by atoms with Crippen LogP contribution in [0.5, 0.6) is 0 Å². The summed E-state index contributed by atoms with van der Waals surface area (Å²) >= 11 is 0. The second-order valence-electron chi connectivity index (χ2n) is 8.34. The molecule has 4 aromatic carbocycles. The summed E-state index contributed by atoms with van der Waals surface area (Å²) in [5.41, 5.74) is 5.70. The Morgan fingerprint density at radius 1 is 0.571 bits per heavy atom. The van der Waals surface area contributed by atoms with E-state index in [2.05, 4.69) is 27.4 Å². The summed E-state index contributed by atoms with van der Waals surface area (Å²) < 4.78 is 0. The van der Waals surface area contributed by atoms with E-state index in [1.54, 1.807) is 12.4 Å². The number of benzene rings is 4. The highest BCUT2D eigenvalue weighted by Gasteiger charge is 2.18. The maximum absolute atomic E-state index is 13.8. The average molecular weight is 452 g/mol. The highest BCUT2D eigenvalue weighted by atomic mass is 16.1. The lowest BCUT2D eigenvalue weighted by Gasteiger charge is -2.16. The molecule has 0 radical (unpaired) electrons. The van der Waals surface area contributed by atoms with Crippen molar-refractivity contribution >= 4 is 33.3 Å². The number of nitrogens with one attached hydrogen (secondary N) is 1. The van der Waals surface area contributed by atoms with E-state index in [0.717, 1.165) is 44.1 Å². The maximum atomic E-state index is 13.8. The molecule has 0 saturated heterocycles. The number of anilines is 1. The van der Waals surface area contributed by atoms with Crippen molar-refractivity contribution in [3.05, 3.63) is 127 Å². The molecule has 35 heavy (non-hydrogen) atoms. The van der Waals surface area contributed by atoms with Crippen molar-refractivity contribution < 1.29 is 4.79 Å². The molecule has 1 N–H and O–H groups in total. The first kappa shape index (κ1) is 20.8. The summed E-state index contributed by atoms with van der Waals surface area (Å²) in [7, 11) is 0. The van der Waals surface area contributed by atoms with Gasteiger partial charge in [-0.15, -0.1) is 0 Å². The lowest BCUT2D eigenvalue weighted by atomic mass is 9.91.